The molecule has 0 unspecified atom stereocenters. The Balaban J connectivity index is 2.11. The number of benzene rings is 2. The molecule has 0 aliphatic heterocycles. The normalized spacial score (nSPS) is 14.7. The molecule has 2 aromatic rings. The second-order valence-corrected chi connectivity index (χ2v) is 5.24. The second kappa shape index (κ2) is 5.54. The lowest BCUT2D eigenvalue weighted by Gasteiger charge is -2.04. The van der Waals surface area contributed by atoms with Crippen LogP contribution in [0.3, 0.4) is 0 Å². The molecule has 0 saturated heterocycles. The molecule has 0 aromatic heterocycles. The Bertz CT molecular complexity index is 915. The Morgan fingerprint density at radius 1 is 1.17 bits per heavy atom. The average Bonchev–Trinajstić information content (AvgIpc) is 2.79. The van der Waals surface area contributed by atoms with E-state index in [1.165, 1.54) is 24.3 Å². The summed E-state index contributed by atoms with van der Waals surface area (Å²) in [5.41, 5.74) is 4.91. The maximum Gasteiger partial charge on any atom is 0.269 e. The van der Waals surface area contributed by atoms with E-state index in [4.69, 9.17) is 6.42 Å². The summed E-state index contributed by atoms with van der Waals surface area (Å²) in [6, 6.07) is 10.8. The van der Waals surface area contributed by atoms with Crippen molar-refractivity contribution in [1.29, 1.82) is 0 Å². The van der Waals surface area contributed by atoms with E-state index in [9.17, 15) is 14.5 Å². The lowest BCUT2D eigenvalue weighted by Crippen LogP contribution is -1.88. The molecule has 0 radical (unpaired) electrons. The van der Waals surface area contributed by atoms with Gasteiger partial charge < -0.3 is 0 Å². The number of nitrogens with zero attached hydrogens (tertiary/aromatic N) is 1. The maximum atomic E-state index is 13.5. The number of hydrogen-bond donors (Lipinski definition) is 0. The molecule has 1 aliphatic carbocycles. The minimum absolute atomic E-state index is 0.0395. The zero-order valence-electron chi connectivity index (χ0n) is 12.3. The van der Waals surface area contributed by atoms with Crippen molar-refractivity contribution < 1.29 is 9.31 Å². The Hall–Kier alpha value is -3.19. The third-order valence-electron chi connectivity index (χ3n) is 3.88. The zero-order valence-corrected chi connectivity index (χ0v) is 12.3. The summed E-state index contributed by atoms with van der Waals surface area (Å²) in [5.74, 6) is 2.29. The quantitative estimate of drug-likeness (QED) is 0.459. The van der Waals surface area contributed by atoms with Crippen molar-refractivity contribution in [3.05, 3.63) is 80.7 Å². The molecular formula is C19H12FNO2. The molecule has 112 valence electrons. The van der Waals surface area contributed by atoms with Crippen LogP contribution in [0.1, 0.15) is 23.6 Å². The fourth-order valence-electron chi connectivity index (χ4n) is 2.73. The summed E-state index contributed by atoms with van der Waals surface area (Å²) >= 11 is 0. The van der Waals surface area contributed by atoms with Gasteiger partial charge in [-0.2, -0.15) is 0 Å². The van der Waals surface area contributed by atoms with Crippen LogP contribution in [0.4, 0.5) is 10.1 Å². The Morgan fingerprint density at radius 2 is 1.87 bits per heavy atom. The first-order chi connectivity index (χ1) is 11.0. The largest absolute Gasteiger partial charge is 0.269 e. The Labute approximate surface area is 132 Å². The number of fused-ring (bicyclic) bond motifs is 1. The van der Waals surface area contributed by atoms with Crippen molar-refractivity contribution in [2.45, 2.75) is 6.92 Å². The van der Waals surface area contributed by atoms with Crippen LogP contribution >= 0.6 is 0 Å². The molecule has 0 bridgehead atoms. The summed E-state index contributed by atoms with van der Waals surface area (Å²) in [6.45, 7) is 1.89. The summed E-state index contributed by atoms with van der Waals surface area (Å²) in [4.78, 5) is 10.3. The molecule has 0 spiro atoms. The van der Waals surface area contributed by atoms with Gasteiger partial charge in [0.15, 0.2) is 0 Å². The van der Waals surface area contributed by atoms with Crippen LogP contribution in [-0.4, -0.2) is 4.92 Å². The number of terminal acetylenes is 1. The van der Waals surface area contributed by atoms with E-state index in [0.29, 0.717) is 11.1 Å². The third-order valence-corrected chi connectivity index (χ3v) is 3.88. The summed E-state index contributed by atoms with van der Waals surface area (Å²) in [7, 11) is 0. The van der Waals surface area contributed by atoms with Crippen molar-refractivity contribution in [2.24, 2.45) is 0 Å². The van der Waals surface area contributed by atoms with Crippen molar-refractivity contribution in [2.75, 3.05) is 0 Å². The zero-order chi connectivity index (χ0) is 16.6. The molecule has 0 N–H and O–H groups in total. The molecule has 0 saturated carbocycles. The number of rotatable bonds is 2. The fraction of sp³-hybridized carbons (Fsp3) is 0.0526. The monoisotopic (exact) mass is 305 g/mol. The average molecular weight is 305 g/mol. The van der Waals surface area contributed by atoms with Gasteiger partial charge in [0.25, 0.3) is 5.69 Å². The summed E-state index contributed by atoms with van der Waals surface area (Å²) in [6.07, 6.45) is 7.47. The maximum absolute atomic E-state index is 13.5. The highest BCUT2D eigenvalue weighted by Crippen LogP contribution is 2.42. The first kappa shape index (κ1) is 14.7. The van der Waals surface area contributed by atoms with Crippen LogP contribution in [0.25, 0.3) is 17.2 Å². The van der Waals surface area contributed by atoms with Crippen molar-refractivity contribution in [3.63, 3.8) is 0 Å². The van der Waals surface area contributed by atoms with Crippen molar-refractivity contribution in [3.8, 4) is 12.3 Å². The van der Waals surface area contributed by atoms with Crippen molar-refractivity contribution in [1.82, 2.24) is 0 Å². The highest BCUT2D eigenvalue weighted by atomic mass is 19.1. The van der Waals surface area contributed by atoms with Gasteiger partial charge in [-0.15, -0.1) is 6.42 Å². The number of halogens is 1. The first-order valence-electron chi connectivity index (χ1n) is 6.95. The van der Waals surface area contributed by atoms with E-state index >= 15 is 0 Å². The number of hydrogen-bond acceptors (Lipinski definition) is 2. The van der Waals surface area contributed by atoms with E-state index in [1.54, 1.807) is 18.2 Å². The molecular weight excluding hydrogens is 293 g/mol. The molecule has 4 heteroatoms. The number of allylic oxidation sites excluding steroid dienone is 3. The molecule has 0 fully saturated rings. The molecule has 3 nitrogen and oxygen atoms in total. The third kappa shape index (κ3) is 2.53. The number of non-ortho nitro benzene ring substituents is 1. The predicted octanol–water partition coefficient (Wildman–Crippen LogP) is 4.69. The minimum Gasteiger partial charge on any atom is -0.258 e. The van der Waals surface area contributed by atoms with Gasteiger partial charge in [-0.05, 0) is 59.5 Å². The van der Waals surface area contributed by atoms with Crippen LogP contribution in [0.2, 0.25) is 0 Å². The second-order valence-electron chi connectivity index (χ2n) is 5.24. The standard InChI is InChI=1S/C19H12FNO2/c1-3-16-12(2)18(17-9-6-14(20)11-19(16)17)10-13-4-7-15(8-5-13)21(22)23/h1,4-11H,2H3. The van der Waals surface area contributed by atoms with E-state index in [2.05, 4.69) is 5.92 Å². The Morgan fingerprint density at radius 3 is 2.48 bits per heavy atom. The highest BCUT2D eigenvalue weighted by Gasteiger charge is 2.23. The van der Waals surface area contributed by atoms with E-state index in [-0.39, 0.29) is 11.5 Å². The summed E-state index contributed by atoms with van der Waals surface area (Å²) < 4.78 is 13.5. The van der Waals surface area contributed by atoms with Gasteiger partial charge in [0.2, 0.25) is 0 Å². The van der Waals surface area contributed by atoms with Crippen LogP contribution < -0.4 is 0 Å². The van der Waals surface area contributed by atoms with E-state index < -0.39 is 4.92 Å². The van der Waals surface area contributed by atoms with Crippen LogP contribution in [0, 0.1) is 28.3 Å². The smallest absolute Gasteiger partial charge is 0.258 e. The lowest BCUT2D eigenvalue weighted by molar-refractivity contribution is -0.384. The fourth-order valence-corrected chi connectivity index (χ4v) is 2.73. The molecule has 0 atom stereocenters. The molecule has 0 heterocycles. The molecule has 3 rings (SSSR count). The lowest BCUT2D eigenvalue weighted by atomic mass is 10.0. The van der Waals surface area contributed by atoms with Crippen LogP contribution in [0.5, 0.6) is 0 Å². The highest BCUT2D eigenvalue weighted by molar-refractivity contribution is 6.08. The topological polar surface area (TPSA) is 43.1 Å². The van der Waals surface area contributed by atoms with Gasteiger partial charge >= 0.3 is 0 Å². The number of nitro groups is 1. The SMILES string of the molecule is C#CC1=C(C)C(=Cc2ccc([N+](=O)[O-])cc2)c2ccc(F)cc21. The Kier molecular flexibility index (Phi) is 3.55. The summed E-state index contributed by atoms with van der Waals surface area (Å²) in [5, 5.41) is 10.7. The molecule has 0 amide bonds. The number of nitro benzene ring substituents is 1. The van der Waals surface area contributed by atoms with Gasteiger partial charge in [-0.3, -0.25) is 10.1 Å². The van der Waals surface area contributed by atoms with Gasteiger partial charge in [0.05, 0.1) is 4.92 Å². The predicted molar refractivity (Wildman–Crippen MR) is 88.8 cm³/mol. The van der Waals surface area contributed by atoms with Gasteiger partial charge in [0, 0.05) is 23.3 Å². The van der Waals surface area contributed by atoms with Crippen LogP contribution in [-0.2, 0) is 0 Å². The van der Waals surface area contributed by atoms with Gasteiger partial charge in [-0.25, -0.2) is 4.39 Å². The van der Waals surface area contributed by atoms with Gasteiger partial charge in [0.1, 0.15) is 5.82 Å². The van der Waals surface area contributed by atoms with Crippen LogP contribution in [0.15, 0.2) is 48.0 Å². The van der Waals surface area contributed by atoms with E-state index in [1.807, 2.05) is 13.0 Å². The molecule has 1 aliphatic rings. The molecule has 23 heavy (non-hydrogen) atoms. The molecule has 2 aromatic carbocycles. The van der Waals surface area contributed by atoms with Crippen molar-refractivity contribution >= 4 is 22.9 Å². The minimum atomic E-state index is -0.438. The van der Waals surface area contributed by atoms with Gasteiger partial charge in [-0.1, -0.05) is 12.0 Å². The van der Waals surface area contributed by atoms with E-state index in [0.717, 1.165) is 22.3 Å². The first-order valence-corrected chi connectivity index (χ1v) is 6.95.